The first-order valence-corrected chi connectivity index (χ1v) is 6.42. The van der Waals surface area contributed by atoms with E-state index in [1.54, 1.807) is 12.1 Å². The molecule has 2 rings (SSSR count). The van der Waals surface area contributed by atoms with Crippen LogP contribution in [-0.4, -0.2) is 0 Å². The topological polar surface area (TPSA) is 38.0 Å². The van der Waals surface area contributed by atoms with Gasteiger partial charge < -0.3 is 11.1 Å². The van der Waals surface area contributed by atoms with E-state index in [0.29, 0.717) is 20.9 Å². The van der Waals surface area contributed by atoms with Crippen molar-refractivity contribution in [1.82, 2.24) is 0 Å². The van der Waals surface area contributed by atoms with Crippen LogP contribution in [0.25, 0.3) is 0 Å². The molecule has 2 aromatic rings. The fourth-order valence-corrected chi connectivity index (χ4v) is 2.02. The average molecular weight is 330 g/mol. The van der Waals surface area contributed by atoms with Gasteiger partial charge in [0, 0.05) is 16.8 Å². The van der Waals surface area contributed by atoms with Gasteiger partial charge in [-0.15, -0.1) is 0 Å². The minimum atomic E-state index is -0.389. The Hall–Kier alpha value is -1.26. The molecule has 0 radical (unpaired) electrons. The molecule has 18 heavy (non-hydrogen) atoms. The van der Waals surface area contributed by atoms with Crippen LogP contribution in [0.4, 0.5) is 21.5 Å². The molecule has 3 N–H and O–H groups in total. The van der Waals surface area contributed by atoms with E-state index in [4.69, 9.17) is 17.3 Å². The van der Waals surface area contributed by atoms with Crippen molar-refractivity contribution in [3.63, 3.8) is 0 Å². The monoisotopic (exact) mass is 328 g/mol. The maximum atomic E-state index is 13.2. The minimum Gasteiger partial charge on any atom is -0.397 e. The zero-order valence-corrected chi connectivity index (χ0v) is 11.9. The number of hydrogen-bond acceptors (Lipinski definition) is 2. The van der Waals surface area contributed by atoms with Crippen LogP contribution in [0.5, 0.6) is 0 Å². The molecule has 0 aliphatic heterocycles. The Balaban J connectivity index is 2.34. The largest absolute Gasteiger partial charge is 0.397 e. The van der Waals surface area contributed by atoms with E-state index in [2.05, 4.69) is 21.2 Å². The highest BCUT2D eigenvalue weighted by Gasteiger charge is 2.06. The fraction of sp³-hybridized carbons (Fsp3) is 0.0769. The molecule has 0 unspecified atom stereocenters. The van der Waals surface area contributed by atoms with Crippen molar-refractivity contribution in [3.8, 4) is 0 Å². The molecule has 94 valence electrons. The van der Waals surface area contributed by atoms with Crippen LogP contribution >= 0.6 is 27.5 Å². The van der Waals surface area contributed by atoms with Crippen LogP contribution in [-0.2, 0) is 0 Å². The fourth-order valence-electron chi connectivity index (χ4n) is 1.50. The molecule has 5 heteroatoms. The van der Waals surface area contributed by atoms with Crippen molar-refractivity contribution in [1.29, 1.82) is 0 Å². The molecule has 0 saturated heterocycles. The van der Waals surface area contributed by atoms with E-state index in [1.807, 2.05) is 19.1 Å². The van der Waals surface area contributed by atoms with Crippen molar-refractivity contribution in [2.24, 2.45) is 0 Å². The number of rotatable bonds is 2. The molecule has 0 aliphatic rings. The van der Waals surface area contributed by atoms with E-state index >= 15 is 0 Å². The van der Waals surface area contributed by atoms with Gasteiger partial charge in [-0.25, -0.2) is 4.39 Å². The summed E-state index contributed by atoms with van der Waals surface area (Å²) in [5.41, 5.74) is 8.52. The molecular weight excluding hydrogens is 319 g/mol. The minimum absolute atomic E-state index is 0.340. The third-order valence-electron chi connectivity index (χ3n) is 2.54. The maximum Gasteiger partial charge on any atom is 0.139 e. The molecule has 0 aromatic heterocycles. The average Bonchev–Trinajstić information content (AvgIpc) is 2.31. The van der Waals surface area contributed by atoms with Gasteiger partial charge in [-0.3, -0.25) is 0 Å². The van der Waals surface area contributed by atoms with E-state index in [-0.39, 0.29) is 5.82 Å². The number of anilines is 3. The molecular formula is C13H11BrClFN2. The summed E-state index contributed by atoms with van der Waals surface area (Å²) in [7, 11) is 0. The predicted molar refractivity (Wildman–Crippen MR) is 78.0 cm³/mol. The summed E-state index contributed by atoms with van der Waals surface area (Å²) in [5, 5.41) is 3.77. The van der Waals surface area contributed by atoms with Gasteiger partial charge in [-0.05, 0) is 46.6 Å². The summed E-state index contributed by atoms with van der Waals surface area (Å²) < 4.78 is 13.6. The highest BCUT2D eigenvalue weighted by atomic mass is 79.9. The highest BCUT2D eigenvalue weighted by molar-refractivity contribution is 9.10. The molecule has 0 saturated carbocycles. The van der Waals surface area contributed by atoms with Crippen molar-refractivity contribution < 1.29 is 4.39 Å². The van der Waals surface area contributed by atoms with Crippen molar-refractivity contribution in [3.05, 3.63) is 51.2 Å². The van der Waals surface area contributed by atoms with Gasteiger partial charge in [0.1, 0.15) is 5.82 Å². The van der Waals surface area contributed by atoms with Crippen LogP contribution in [0.2, 0.25) is 5.02 Å². The lowest BCUT2D eigenvalue weighted by Gasteiger charge is -2.11. The molecule has 0 heterocycles. The van der Waals surface area contributed by atoms with Crippen molar-refractivity contribution >= 4 is 44.6 Å². The second-order valence-corrected chi connectivity index (χ2v) is 5.20. The van der Waals surface area contributed by atoms with Crippen molar-refractivity contribution in [2.45, 2.75) is 6.92 Å². The summed E-state index contributed by atoms with van der Waals surface area (Å²) in [6.07, 6.45) is 0. The summed E-state index contributed by atoms with van der Waals surface area (Å²) in [6.45, 7) is 1.93. The Morgan fingerprint density at radius 1 is 1.28 bits per heavy atom. The third-order valence-corrected chi connectivity index (χ3v) is 3.56. The molecule has 0 amide bonds. The zero-order chi connectivity index (χ0) is 13.3. The first-order valence-electron chi connectivity index (χ1n) is 5.25. The number of nitrogens with two attached hydrogens (primary N) is 1. The summed E-state index contributed by atoms with van der Waals surface area (Å²) in [6, 6.07) is 8.45. The van der Waals surface area contributed by atoms with E-state index in [1.165, 1.54) is 6.07 Å². The molecule has 2 nitrogen and oxygen atoms in total. The van der Waals surface area contributed by atoms with Crippen LogP contribution in [0.1, 0.15) is 5.56 Å². The Morgan fingerprint density at radius 2 is 2.00 bits per heavy atom. The quantitative estimate of drug-likeness (QED) is 0.771. The smallest absolute Gasteiger partial charge is 0.139 e. The molecule has 2 aromatic carbocycles. The number of hydrogen-bond donors (Lipinski definition) is 2. The third kappa shape index (κ3) is 2.76. The van der Waals surface area contributed by atoms with Crippen LogP contribution in [0.15, 0.2) is 34.8 Å². The predicted octanol–water partition coefficient (Wildman–Crippen LogP) is 4.88. The van der Waals surface area contributed by atoms with Crippen LogP contribution in [0.3, 0.4) is 0 Å². The van der Waals surface area contributed by atoms with Gasteiger partial charge in [-0.1, -0.05) is 17.7 Å². The lowest BCUT2D eigenvalue weighted by atomic mass is 10.2. The van der Waals surface area contributed by atoms with E-state index in [0.717, 1.165) is 11.3 Å². The first kappa shape index (κ1) is 13.2. The Bertz CT molecular complexity index is 602. The molecule has 0 aliphatic carbocycles. The highest BCUT2D eigenvalue weighted by Crippen LogP contribution is 2.30. The Morgan fingerprint density at radius 3 is 2.67 bits per heavy atom. The number of nitrogens with one attached hydrogen (secondary N) is 1. The van der Waals surface area contributed by atoms with Gasteiger partial charge in [-0.2, -0.15) is 0 Å². The molecule has 0 bridgehead atoms. The van der Waals surface area contributed by atoms with E-state index < -0.39 is 0 Å². The maximum absolute atomic E-state index is 13.2. The number of aryl methyl sites for hydroxylation is 1. The lowest BCUT2D eigenvalue weighted by Crippen LogP contribution is -1.98. The van der Waals surface area contributed by atoms with Gasteiger partial charge in [0.2, 0.25) is 0 Å². The van der Waals surface area contributed by atoms with Gasteiger partial charge in [0.05, 0.1) is 15.8 Å². The second-order valence-electron chi connectivity index (χ2n) is 3.94. The number of benzene rings is 2. The van der Waals surface area contributed by atoms with Crippen LogP contribution < -0.4 is 11.1 Å². The van der Waals surface area contributed by atoms with E-state index in [9.17, 15) is 4.39 Å². The van der Waals surface area contributed by atoms with Gasteiger partial charge in [0.15, 0.2) is 0 Å². The molecule has 0 spiro atoms. The van der Waals surface area contributed by atoms with Crippen molar-refractivity contribution in [2.75, 3.05) is 11.1 Å². The zero-order valence-electron chi connectivity index (χ0n) is 9.60. The summed E-state index contributed by atoms with van der Waals surface area (Å²) in [5.74, 6) is -0.389. The Labute approximate surface area is 118 Å². The summed E-state index contributed by atoms with van der Waals surface area (Å²) in [4.78, 5) is 0. The van der Waals surface area contributed by atoms with Gasteiger partial charge in [0.25, 0.3) is 0 Å². The molecule has 0 atom stereocenters. The van der Waals surface area contributed by atoms with Gasteiger partial charge >= 0.3 is 0 Å². The standard InChI is InChI=1S/C13H11BrClFN2/c1-7-2-3-8(4-10(7)15)18-13-5-9(14)11(16)6-12(13)17/h2-6,18H,17H2,1H3. The number of halogens is 3. The first-order chi connectivity index (χ1) is 8.47. The molecule has 0 fully saturated rings. The Kier molecular flexibility index (Phi) is 3.78. The summed E-state index contributed by atoms with van der Waals surface area (Å²) >= 11 is 9.16. The second kappa shape index (κ2) is 5.16. The number of nitrogen functional groups attached to an aromatic ring is 1. The normalized spacial score (nSPS) is 10.4. The lowest BCUT2D eigenvalue weighted by molar-refractivity contribution is 0.622. The van der Waals surface area contributed by atoms with Crippen LogP contribution in [0, 0.1) is 12.7 Å². The SMILES string of the molecule is Cc1ccc(Nc2cc(Br)c(F)cc2N)cc1Cl.